The molecule has 0 N–H and O–H groups in total. The predicted octanol–water partition coefficient (Wildman–Crippen LogP) is 2.74. The SMILES string of the molecule is COC1(OC)C2CCC1C(=C(C)C)C2. The van der Waals surface area contributed by atoms with Gasteiger partial charge in [-0.15, -0.1) is 0 Å². The number of hydrogen-bond donors (Lipinski definition) is 0. The van der Waals surface area contributed by atoms with E-state index in [1.165, 1.54) is 24.8 Å². The smallest absolute Gasteiger partial charge is 0.177 e. The molecule has 80 valence electrons. The summed E-state index contributed by atoms with van der Waals surface area (Å²) in [7, 11) is 3.56. The van der Waals surface area contributed by atoms with Gasteiger partial charge >= 0.3 is 0 Å². The first-order valence-corrected chi connectivity index (χ1v) is 5.42. The molecule has 2 unspecified atom stereocenters. The second-order valence-corrected chi connectivity index (χ2v) is 4.69. The summed E-state index contributed by atoms with van der Waals surface area (Å²) in [5, 5.41) is 0. The van der Waals surface area contributed by atoms with Crippen LogP contribution >= 0.6 is 0 Å². The van der Waals surface area contributed by atoms with Gasteiger partial charge in [0.15, 0.2) is 5.79 Å². The van der Waals surface area contributed by atoms with Gasteiger partial charge in [0.05, 0.1) is 0 Å². The number of ether oxygens (including phenoxy) is 2. The lowest BCUT2D eigenvalue weighted by atomic mass is 9.91. The molecule has 0 radical (unpaired) electrons. The van der Waals surface area contributed by atoms with Crippen LogP contribution in [0.2, 0.25) is 0 Å². The molecular weight excluding hydrogens is 176 g/mol. The van der Waals surface area contributed by atoms with Gasteiger partial charge < -0.3 is 9.47 Å². The Morgan fingerprint density at radius 1 is 1.21 bits per heavy atom. The molecule has 2 heteroatoms. The molecule has 0 spiro atoms. The fraction of sp³-hybridized carbons (Fsp3) is 0.833. The van der Waals surface area contributed by atoms with Gasteiger partial charge in [-0.2, -0.15) is 0 Å². The van der Waals surface area contributed by atoms with E-state index in [0.717, 1.165) is 0 Å². The van der Waals surface area contributed by atoms with Crippen LogP contribution in [-0.2, 0) is 9.47 Å². The monoisotopic (exact) mass is 196 g/mol. The van der Waals surface area contributed by atoms with Crippen LogP contribution < -0.4 is 0 Å². The summed E-state index contributed by atoms with van der Waals surface area (Å²) in [6, 6.07) is 0. The van der Waals surface area contributed by atoms with Gasteiger partial charge in [0.2, 0.25) is 0 Å². The summed E-state index contributed by atoms with van der Waals surface area (Å²) < 4.78 is 11.3. The Balaban J connectivity index is 2.36. The highest BCUT2D eigenvalue weighted by Gasteiger charge is 2.58. The molecule has 2 atom stereocenters. The van der Waals surface area contributed by atoms with Crippen LogP contribution in [0.3, 0.4) is 0 Å². The molecule has 2 aliphatic rings. The molecule has 0 aromatic carbocycles. The zero-order valence-electron chi connectivity index (χ0n) is 9.59. The maximum Gasteiger partial charge on any atom is 0.177 e. The average molecular weight is 196 g/mol. The molecule has 0 aliphatic heterocycles. The number of fused-ring (bicyclic) bond motifs is 2. The van der Waals surface area contributed by atoms with Gasteiger partial charge in [0.1, 0.15) is 0 Å². The minimum Gasteiger partial charge on any atom is -0.352 e. The van der Waals surface area contributed by atoms with E-state index in [2.05, 4.69) is 13.8 Å². The van der Waals surface area contributed by atoms with Crippen LogP contribution in [0.25, 0.3) is 0 Å². The van der Waals surface area contributed by atoms with Crippen molar-refractivity contribution in [1.82, 2.24) is 0 Å². The third kappa shape index (κ3) is 1.10. The molecule has 2 saturated carbocycles. The van der Waals surface area contributed by atoms with Gasteiger partial charge in [-0.3, -0.25) is 0 Å². The minimum absolute atomic E-state index is 0.299. The molecular formula is C12H20O2. The average Bonchev–Trinajstić information content (AvgIpc) is 2.69. The molecule has 0 aromatic rings. The van der Waals surface area contributed by atoms with Gasteiger partial charge in [-0.1, -0.05) is 11.1 Å². The lowest BCUT2D eigenvalue weighted by molar-refractivity contribution is -0.232. The number of methoxy groups -OCH3 is 2. The van der Waals surface area contributed by atoms with Crippen molar-refractivity contribution in [1.29, 1.82) is 0 Å². The van der Waals surface area contributed by atoms with Crippen molar-refractivity contribution in [2.75, 3.05) is 14.2 Å². The molecule has 2 bridgehead atoms. The van der Waals surface area contributed by atoms with E-state index in [9.17, 15) is 0 Å². The molecule has 0 saturated heterocycles. The Hall–Kier alpha value is -0.340. The van der Waals surface area contributed by atoms with Crippen LogP contribution in [0.5, 0.6) is 0 Å². The molecule has 14 heavy (non-hydrogen) atoms. The summed E-state index contributed by atoms with van der Waals surface area (Å²) in [5.41, 5.74) is 3.03. The van der Waals surface area contributed by atoms with E-state index in [4.69, 9.17) is 9.47 Å². The van der Waals surface area contributed by atoms with Crippen LogP contribution in [0.15, 0.2) is 11.1 Å². The Morgan fingerprint density at radius 2 is 1.86 bits per heavy atom. The van der Waals surface area contributed by atoms with Gasteiger partial charge in [0, 0.05) is 26.1 Å². The standard InChI is InChI=1S/C12H20O2/c1-8(2)10-7-9-5-6-11(10)12(9,13-3)14-4/h9,11H,5-7H2,1-4H3. The van der Waals surface area contributed by atoms with E-state index in [1.54, 1.807) is 19.8 Å². The lowest BCUT2D eigenvalue weighted by Crippen LogP contribution is -2.39. The predicted molar refractivity (Wildman–Crippen MR) is 56.0 cm³/mol. The zero-order valence-corrected chi connectivity index (χ0v) is 9.59. The van der Waals surface area contributed by atoms with Gasteiger partial charge in [0.25, 0.3) is 0 Å². The van der Waals surface area contributed by atoms with Crippen LogP contribution in [0.1, 0.15) is 33.1 Å². The van der Waals surface area contributed by atoms with Crippen LogP contribution in [-0.4, -0.2) is 20.0 Å². The summed E-state index contributed by atoms with van der Waals surface area (Å²) in [6.07, 6.45) is 3.66. The Kier molecular flexibility index (Phi) is 2.44. The highest BCUT2D eigenvalue weighted by atomic mass is 16.7. The van der Waals surface area contributed by atoms with Crippen molar-refractivity contribution in [3.63, 3.8) is 0 Å². The van der Waals surface area contributed by atoms with E-state index >= 15 is 0 Å². The summed E-state index contributed by atoms with van der Waals surface area (Å²) in [6.45, 7) is 4.40. The Morgan fingerprint density at radius 3 is 2.21 bits per heavy atom. The molecule has 0 aromatic heterocycles. The third-order valence-electron chi connectivity index (χ3n) is 4.03. The number of rotatable bonds is 2. The van der Waals surface area contributed by atoms with E-state index in [1.807, 2.05) is 0 Å². The topological polar surface area (TPSA) is 18.5 Å². The van der Waals surface area contributed by atoms with Crippen molar-refractivity contribution in [2.45, 2.75) is 38.9 Å². The second-order valence-electron chi connectivity index (χ2n) is 4.69. The minimum atomic E-state index is -0.299. The molecule has 2 rings (SSSR count). The lowest BCUT2D eigenvalue weighted by Gasteiger charge is -2.31. The zero-order chi connectivity index (χ0) is 10.3. The van der Waals surface area contributed by atoms with E-state index in [0.29, 0.717) is 11.8 Å². The van der Waals surface area contributed by atoms with Gasteiger partial charge in [-0.05, 0) is 33.1 Å². The van der Waals surface area contributed by atoms with Crippen molar-refractivity contribution >= 4 is 0 Å². The summed E-state index contributed by atoms with van der Waals surface area (Å²) >= 11 is 0. The van der Waals surface area contributed by atoms with Crippen molar-refractivity contribution < 1.29 is 9.47 Å². The molecule has 2 aliphatic carbocycles. The molecule has 0 heterocycles. The highest BCUT2D eigenvalue weighted by Crippen LogP contribution is 2.57. The first kappa shape index (κ1) is 10.2. The summed E-state index contributed by atoms with van der Waals surface area (Å²) in [4.78, 5) is 0. The van der Waals surface area contributed by atoms with Gasteiger partial charge in [-0.25, -0.2) is 0 Å². The Bertz CT molecular complexity index is 259. The van der Waals surface area contributed by atoms with E-state index in [-0.39, 0.29) is 5.79 Å². The first-order valence-electron chi connectivity index (χ1n) is 5.42. The maximum atomic E-state index is 5.66. The summed E-state index contributed by atoms with van der Waals surface area (Å²) in [5.74, 6) is 0.784. The quantitative estimate of drug-likeness (QED) is 0.499. The fourth-order valence-electron chi connectivity index (χ4n) is 3.38. The fourth-order valence-corrected chi connectivity index (χ4v) is 3.38. The maximum absolute atomic E-state index is 5.66. The van der Waals surface area contributed by atoms with Crippen molar-refractivity contribution in [3.05, 3.63) is 11.1 Å². The van der Waals surface area contributed by atoms with Crippen LogP contribution in [0, 0.1) is 11.8 Å². The second kappa shape index (κ2) is 3.35. The normalized spacial score (nSPS) is 33.9. The Labute approximate surface area is 86.3 Å². The van der Waals surface area contributed by atoms with Crippen LogP contribution in [0.4, 0.5) is 0 Å². The van der Waals surface area contributed by atoms with E-state index < -0.39 is 0 Å². The number of allylic oxidation sites excluding steroid dienone is 1. The number of hydrogen-bond acceptors (Lipinski definition) is 2. The van der Waals surface area contributed by atoms with Crippen molar-refractivity contribution in [2.24, 2.45) is 11.8 Å². The van der Waals surface area contributed by atoms with Crippen molar-refractivity contribution in [3.8, 4) is 0 Å². The molecule has 0 amide bonds. The molecule has 2 nitrogen and oxygen atoms in total. The first-order chi connectivity index (χ1) is 6.65. The highest BCUT2D eigenvalue weighted by molar-refractivity contribution is 5.27. The molecule has 2 fully saturated rings. The third-order valence-corrected chi connectivity index (χ3v) is 4.03. The largest absolute Gasteiger partial charge is 0.352 e.